The van der Waals surface area contributed by atoms with Gasteiger partial charge in [-0.15, -0.1) is 11.3 Å². The van der Waals surface area contributed by atoms with E-state index in [1.54, 1.807) is 11.3 Å². The van der Waals surface area contributed by atoms with Gasteiger partial charge in [0.25, 0.3) is 5.91 Å². The highest BCUT2D eigenvalue weighted by molar-refractivity contribution is 7.13. The van der Waals surface area contributed by atoms with Crippen LogP contribution in [0.2, 0.25) is 0 Å². The molecule has 0 radical (unpaired) electrons. The smallest absolute Gasteiger partial charge is 0.263 e. The zero-order chi connectivity index (χ0) is 19.8. The van der Waals surface area contributed by atoms with Gasteiger partial charge in [0.15, 0.2) is 5.82 Å². The maximum Gasteiger partial charge on any atom is 0.263 e. The van der Waals surface area contributed by atoms with Gasteiger partial charge in [-0.1, -0.05) is 18.0 Å². The maximum atomic E-state index is 13.1. The first-order valence-corrected chi connectivity index (χ1v) is 11.7. The number of rotatable bonds is 5. The van der Waals surface area contributed by atoms with Gasteiger partial charge in [0.1, 0.15) is 0 Å². The summed E-state index contributed by atoms with van der Waals surface area (Å²) >= 11 is 1.58. The number of carbonyl (C=O) groups excluding carboxylic acids is 1. The predicted molar refractivity (Wildman–Crippen MR) is 110 cm³/mol. The molecule has 4 heterocycles. The van der Waals surface area contributed by atoms with Crippen molar-refractivity contribution in [3.8, 4) is 0 Å². The number of piperidine rings is 1. The average Bonchev–Trinajstić information content (AvgIpc) is 3.23. The minimum absolute atomic E-state index is 0.149. The lowest BCUT2D eigenvalue weighted by Crippen LogP contribution is -2.49. The summed E-state index contributed by atoms with van der Waals surface area (Å²) in [5, 5.41) is 4.48. The molecule has 0 N–H and O–H groups in total. The van der Waals surface area contributed by atoms with Crippen LogP contribution < -0.4 is 0 Å². The summed E-state index contributed by atoms with van der Waals surface area (Å²) in [7, 11) is 0. The third kappa shape index (κ3) is 3.99. The largest absolute Gasteiger partial charge is 0.381 e. The molecule has 7 heteroatoms. The van der Waals surface area contributed by atoms with Crippen LogP contribution in [0.1, 0.15) is 77.1 Å². The standard InChI is InChI=1S/C22H29N3O3S/c1-15-3-6-18(29-15)20(26)25-10-2-9-22(14-25,13-16-4-5-16)21-23-19(28-24-21)17-7-11-27-12-8-17/h3,6,16-17H,2,4-5,7-14H2,1H3. The van der Waals surface area contributed by atoms with Crippen LogP contribution in [0.3, 0.4) is 0 Å². The third-order valence-electron chi connectivity index (χ3n) is 6.68. The number of aryl methyl sites for hydroxylation is 1. The Bertz CT molecular complexity index is 868. The van der Waals surface area contributed by atoms with E-state index in [0.717, 1.165) is 74.4 Å². The van der Waals surface area contributed by atoms with Gasteiger partial charge in [0.05, 0.1) is 10.3 Å². The fraction of sp³-hybridized carbons (Fsp3) is 0.682. The van der Waals surface area contributed by atoms with Gasteiger partial charge in [-0.3, -0.25) is 4.79 Å². The van der Waals surface area contributed by atoms with Gasteiger partial charge in [0, 0.05) is 37.1 Å². The van der Waals surface area contributed by atoms with Gasteiger partial charge >= 0.3 is 0 Å². The fourth-order valence-electron chi connectivity index (χ4n) is 4.89. The zero-order valence-corrected chi connectivity index (χ0v) is 17.9. The molecule has 2 aromatic heterocycles. The Balaban J connectivity index is 1.40. The van der Waals surface area contributed by atoms with Crippen LogP contribution in [-0.2, 0) is 10.2 Å². The molecule has 2 aliphatic heterocycles. The Labute approximate surface area is 175 Å². The quantitative estimate of drug-likeness (QED) is 0.728. The summed E-state index contributed by atoms with van der Waals surface area (Å²) in [6.45, 7) is 5.08. The summed E-state index contributed by atoms with van der Waals surface area (Å²) < 4.78 is 11.2. The SMILES string of the molecule is Cc1ccc(C(=O)N2CCCC(CC3CC3)(c3noc(C4CCOCC4)n3)C2)s1. The summed E-state index contributed by atoms with van der Waals surface area (Å²) in [4.78, 5) is 22.1. The second-order valence-electron chi connectivity index (χ2n) is 9.01. The molecule has 1 aliphatic carbocycles. The van der Waals surface area contributed by atoms with E-state index in [9.17, 15) is 4.79 Å². The average molecular weight is 416 g/mol. The summed E-state index contributed by atoms with van der Waals surface area (Å²) in [5.41, 5.74) is -0.172. The lowest BCUT2D eigenvalue weighted by atomic mass is 9.74. The van der Waals surface area contributed by atoms with E-state index in [4.69, 9.17) is 14.2 Å². The van der Waals surface area contributed by atoms with Crippen molar-refractivity contribution in [1.82, 2.24) is 15.0 Å². The molecular formula is C22H29N3O3S. The highest BCUT2D eigenvalue weighted by atomic mass is 32.1. The zero-order valence-electron chi connectivity index (χ0n) is 17.1. The number of aromatic nitrogens is 2. The molecule has 1 saturated carbocycles. The van der Waals surface area contributed by atoms with E-state index in [1.165, 1.54) is 17.7 Å². The number of carbonyl (C=O) groups is 1. The third-order valence-corrected chi connectivity index (χ3v) is 7.67. The Kier molecular flexibility index (Phi) is 5.20. The molecule has 2 saturated heterocycles. The van der Waals surface area contributed by atoms with Crippen molar-refractivity contribution in [2.75, 3.05) is 26.3 Å². The maximum absolute atomic E-state index is 13.1. The predicted octanol–water partition coefficient (Wildman–Crippen LogP) is 4.31. The molecule has 1 atom stereocenters. The van der Waals surface area contributed by atoms with E-state index in [-0.39, 0.29) is 11.3 Å². The van der Waals surface area contributed by atoms with Crippen molar-refractivity contribution in [3.63, 3.8) is 0 Å². The van der Waals surface area contributed by atoms with E-state index >= 15 is 0 Å². The first kappa shape index (κ1) is 19.2. The van der Waals surface area contributed by atoms with Gasteiger partial charge < -0.3 is 14.2 Å². The van der Waals surface area contributed by atoms with E-state index < -0.39 is 0 Å². The van der Waals surface area contributed by atoms with Crippen LogP contribution in [0.5, 0.6) is 0 Å². The number of hydrogen-bond donors (Lipinski definition) is 0. The molecule has 29 heavy (non-hydrogen) atoms. The number of thiophene rings is 1. The highest BCUT2D eigenvalue weighted by Crippen LogP contribution is 2.46. The van der Waals surface area contributed by atoms with E-state index in [1.807, 2.05) is 24.0 Å². The van der Waals surface area contributed by atoms with Gasteiger partial charge in [-0.2, -0.15) is 4.98 Å². The lowest BCUT2D eigenvalue weighted by Gasteiger charge is -2.41. The number of hydrogen-bond acceptors (Lipinski definition) is 6. The molecule has 156 valence electrons. The van der Waals surface area contributed by atoms with Crippen molar-refractivity contribution in [2.45, 2.75) is 63.2 Å². The lowest BCUT2D eigenvalue weighted by molar-refractivity contribution is 0.0612. The molecule has 3 aliphatic rings. The molecule has 2 aromatic rings. The summed E-state index contributed by atoms with van der Waals surface area (Å²) in [6.07, 6.45) is 7.54. The van der Waals surface area contributed by atoms with Crippen LogP contribution >= 0.6 is 11.3 Å². The van der Waals surface area contributed by atoms with Gasteiger partial charge in [0.2, 0.25) is 5.89 Å². The van der Waals surface area contributed by atoms with E-state index in [2.05, 4.69) is 5.16 Å². The minimum atomic E-state index is -0.172. The Morgan fingerprint density at radius 3 is 2.83 bits per heavy atom. The number of likely N-dealkylation sites (tertiary alicyclic amines) is 1. The van der Waals surface area contributed by atoms with Gasteiger partial charge in [-0.05, 0) is 57.1 Å². The number of amides is 1. The first-order chi connectivity index (χ1) is 14.1. The van der Waals surface area contributed by atoms with Crippen molar-refractivity contribution in [2.24, 2.45) is 5.92 Å². The molecule has 0 bridgehead atoms. The molecule has 6 nitrogen and oxygen atoms in total. The van der Waals surface area contributed by atoms with Gasteiger partial charge in [-0.25, -0.2) is 0 Å². The van der Waals surface area contributed by atoms with Crippen molar-refractivity contribution in [3.05, 3.63) is 33.6 Å². The molecule has 1 amide bonds. The Hall–Kier alpha value is -1.73. The minimum Gasteiger partial charge on any atom is -0.381 e. The highest BCUT2D eigenvalue weighted by Gasteiger charge is 2.46. The second kappa shape index (κ2) is 7.84. The first-order valence-electron chi connectivity index (χ1n) is 10.9. The molecular weight excluding hydrogens is 386 g/mol. The van der Waals surface area contributed by atoms with Crippen LogP contribution in [0.25, 0.3) is 0 Å². The van der Waals surface area contributed by atoms with Crippen LogP contribution in [-0.4, -0.2) is 47.3 Å². The Morgan fingerprint density at radius 1 is 1.28 bits per heavy atom. The normalized spacial score (nSPS) is 26.0. The second-order valence-corrected chi connectivity index (χ2v) is 10.3. The van der Waals surface area contributed by atoms with E-state index in [0.29, 0.717) is 12.5 Å². The number of ether oxygens (including phenoxy) is 1. The molecule has 0 aromatic carbocycles. The van der Waals surface area contributed by atoms with Crippen LogP contribution in [0.15, 0.2) is 16.7 Å². The van der Waals surface area contributed by atoms with Crippen molar-refractivity contribution >= 4 is 17.2 Å². The van der Waals surface area contributed by atoms with Crippen molar-refractivity contribution < 1.29 is 14.1 Å². The number of nitrogens with zero attached hydrogens (tertiary/aromatic N) is 3. The fourth-order valence-corrected chi connectivity index (χ4v) is 5.72. The topological polar surface area (TPSA) is 68.5 Å². The monoisotopic (exact) mass is 415 g/mol. The molecule has 0 spiro atoms. The van der Waals surface area contributed by atoms with Crippen molar-refractivity contribution in [1.29, 1.82) is 0 Å². The van der Waals surface area contributed by atoms with Crippen LogP contribution in [0.4, 0.5) is 0 Å². The van der Waals surface area contributed by atoms with Crippen LogP contribution in [0, 0.1) is 12.8 Å². The molecule has 5 rings (SSSR count). The molecule has 3 fully saturated rings. The Morgan fingerprint density at radius 2 is 2.10 bits per heavy atom. The summed E-state index contributed by atoms with van der Waals surface area (Å²) in [5.74, 6) is 2.77. The molecule has 1 unspecified atom stereocenters. The summed E-state index contributed by atoms with van der Waals surface area (Å²) in [6, 6.07) is 3.98.